The number of rotatable bonds is 3. The van der Waals surface area contributed by atoms with Crippen molar-refractivity contribution in [2.45, 2.75) is 18.7 Å². The van der Waals surface area contributed by atoms with Gasteiger partial charge in [0, 0.05) is 17.3 Å². The van der Waals surface area contributed by atoms with Crippen molar-refractivity contribution in [2.75, 3.05) is 0 Å². The maximum atomic E-state index is 12.1. The van der Waals surface area contributed by atoms with Crippen molar-refractivity contribution in [3.05, 3.63) is 27.7 Å². The topological polar surface area (TPSA) is 65.9 Å². The van der Waals surface area contributed by atoms with Gasteiger partial charge in [-0.3, -0.25) is 4.79 Å². The average molecular weight is 267 g/mol. The van der Waals surface area contributed by atoms with Crippen LogP contribution in [0.5, 0.6) is 5.75 Å². The zero-order valence-electron chi connectivity index (χ0n) is 8.27. The van der Waals surface area contributed by atoms with E-state index >= 15 is 0 Å². The summed E-state index contributed by atoms with van der Waals surface area (Å²) in [7, 11) is 0. The Morgan fingerprint density at radius 1 is 1.53 bits per heavy atom. The molecule has 17 heavy (non-hydrogen) atoms. The minimum Gasteiger partial charge on any atom is -0.405 e. The smallest absolute Gasteiger partial charge is 0.405 e. The first-order chi connectivity index (χ1) is 7.87. The summed E-state index contributed by atoms with van der Waals surface area (Å²) in [5, 5.41) is 8.51. The summed E-state index contributed by atoms with van der Waals surface area (Å²) in [6.45, 7) is 0. The summed E-state index contributed by atoms with van der Waals surface area (Å²) in [4.78, 5) is 13.3. The lowest BCUT2D eigenvalue weighted by atomic mass is 10.1. The summed E-state index contributed by atoms with van der Waals surface area (Å²) in [5.74, 6) is -0.917. The third kappa shape index (κ3) is 3.67. The number of hydrogen-bond donors (Lipinski definition) is 1. The highest BCUT2D eigenvalue weighted by molar-refractivity contribution is 6.17. The van der Waals surface area contributed by atoms with E-state index in [1.54, 1.807) is 6.07 Å². The molecule has 1 aromatic heterocycles. The van der Waals surface area contributed by atoms with Crippen molar-refractivity contribution in [1.82, 2.24) is 4.98 Å². The van der Waals surface area contributed by atoms with E-state index < -0.39 is 17.7 Å². The van der Waals surface area contributed by atoms with E-state index in [0.717, 1.165) is 0 Å². The molecule has 1 rings (SSSR count). The second-order valence-corrected chi connectivity index (χ2v) is 3.24. The summed E-state index contributed by atoms with van der Waals surface area (Å²) in [5.41, 5.74) is -0.805. The largest absolute Gasteiger partial charge is 0.573 e. The lowest BCUT2D eigenvalue weighted by molar-refractivity contribution is -0.274. The molecule has 0 amide bonds. The molecule has 92 valence electrons. The van der Waals surface area contributed by atoms with Gasteiger partial charge in [0.15, 0.2) is 0 Å². The fraction of sp³-hybridized carbons (Fsp3) is 0.333. The number of aromatic nitrogens is 1. The van der Waals surface area contributed by atoms with Crippen molar-refractivity contribution >= 4 is 11.6 Å². The summed E-state index contributed by atoms with van der Waals surface area (Å²) < 4.78 is 39.9. The minimum atomic E-state index is -4.93. The molecule has 0 saturated carbocycles. The molecule has 0 aliphatic heterocycles. The van der Waals surface area contributed by atoms with Crippen LogP contribution in [-0.4, -0.2) is 11.3 Å². The molecule has 4 nitrogen and oxygen atoms in total. The molecular weight excluding hydrogens is 261 g/mol. The molecule has 1 heterocycles. The van der Waals surface area contributed by atoms with Crippen LogP contribution in [0, 0.1) is 11.3 Å². The molecule has 0 aliphatic rings. The Bertz CT molecular complexity index is 504. The SMILES string of the molecule is N#CCc1c(OC(F)(F)F)cc(=O)[nH]c1CCl. The van der Waals surface area contributed by atoms with Gasteiger partial charge < -0.3 is 9.72 Å². The molecule has 0 radical (unpaired) electrons. The molecule has 1 N–H and O–H groups in total. The molecule has 8 heteroatoms. The molecule has 0 aromatic carbocycles. The number of H-pyrrole nitrogens is 1. The van der Waals surface area contributed by atoms with E-state index in [1.807, 2.05) is 0 Å². The Balaban J connectivity index is 3.31. The van der Waals surface area contributed by atoms with Gasteiger partial charge in [-0.25, -0.2) is 0 Å². The first kappa shape index (κ1) is 13.4. The minimum absolute atomic E-state index is 0.0416. The first-order valence-electron chi connectivity index (χ1n) is 4.31. The van der Waals surface area contributed by atoms with Crippen molar-refractivity contribution < 1.29 is 17.9 Å². The van der Waals surface area contributed by atoms with Gasteiger partial charge in [-0.05, 0) is 0 Å². The lowest BCUT2D eigenvalue weighted by Crippen LogP contribution is -2.21. The normalized spacial score (nSPS) is 11.0. The monoisotopic (exact) mass is 266 g/mol. The molecule has 0 atom stereocenters. The number of pyridine rings is 1. The van der Waals surface area contributed by atoms with Crippen LogP contribution in [-0.2, 0) is 12.3 Å². The highest BCUT2D eigenvalue weighted by Gasteiger charge is 2.32. The Morgan fingerprint density at radius 3 is 2.65 bits per heavy atom. The van der Waals surface area contributed by atoms with Gasteiger partial charge in [-0.1, -0.05) is 0 Å². The number of nitrogens with one attached hydrogen (secondary N) is 1. The van der Waals surface area contributed by atoms with Crippen LogP contribution in [0.1, 0.15) is 11.3 Å². The maximum absolute atomic E-state index is 12.1. The van der Waals surface area contributed by atoms with E-state index in [0.29, 0.717) is 6.07 Å². The molecule has 0 fully saturated rings. The Hall–Kier alpha value is -1.68. The van der Waals surface area contributed by atoms with Crippen molar-refractivity contribution in [3.8, 4) is 11.8 Å². The predicted molar refractivity (Wildman–Crippen MR) is 52.6 cm³/mol. The van der Waals surface area contributed by atoms with E-state index in [1.165, 1.54) is 0 Å². The third-order valence-corrected chi connectivity index (χ3v) is 2.08. The van der Waals surface area contributed by atoms with E-state index in [4.69, 9.17) is 16.9 Å². The van der Waals surface area contributed by atoms with Gasteiger partial charge in [-0.2, -0.15) is 5.26 Å². The molecular formula is C9H6ClF3N2O2. The van der Waals surface area contributed by atoms with Crippen LogP contribution in [0.15, 0.2) is 10.9 Å². The predicted octanol–water partition coefficient (Wildman–Crippen LogP) is 2.08. The second-order valence-electron chi connectivity index (χ2n) is 2.97. The van der Waals surface area contributed by atoms with Crippen molar-refractivity contribution in [1.29, 1.82) is 5.26 Å². The van der Waals surface area contributed by atoms with Crippen molar-refractivity contribution in [3.63, 3.8) is 0 Å². The Kier molecular flexibility index (Phi) is 4.02. The van der Waals surface area contributed by atoms with Gasteiger partial charge in [-0.15, -0.1) is 24.8 Å². The molecule has 0 unspecified atom stereocenters. The number of nitrogens with zero attached hydrogens (tertiary/aromatic N) is 1. The number of hydrogen-bond acceptors (Lipinski definition) is 3. The Morgan fingerprint density at radius 2 is 2.18 bits per heavy atom. The quantitative estimate of drug-likeness (QED) is 0.852. The van der Waals surface area contributed by atoms with Crippen LogP contribution in [0.2, 0.25) is 0 Å². The van der Waals surface area contributed by atoms with Gasteiger partial charge in [0.2, 0.25) is 0 Å². The lowest BCUT2D eigenvalue weighted by Gasteiger charge is -2.13. The van der Waals surface area contributed by atoms with Gasteiger partial charge in [0.25, 0.3) is 5.56 Å². The highest BCUT2D eigenvalue weighted by Crippen LogP contribution is 2.27. The zero-order chi connectivity index (χ0) is 13.1. The maximum Gasteiger partial charge on any atom is 0.573 e. The zero-order valence-corrected chi connectivity index (χ0v) is 9.02. The number of alkyl halides is 4. The second kappa shape index (κ2) is 5.10. The standard InChI is InChI=1S/C9H6ClF3N2O2/c10-4-6-5(1-2-14)7(3-8(16)15-6)17-9(11,12)13/h3H,1,4H2,(H,15,16). The number of nitriles is 1. The number of halogens is 4. The molecule has 0 saturated heterocycles. The fourth-order valence-electron chi connectivity index (χ4n) is 1.22. The van der Waals surface area contributed by atoms with Crippen LogP contribution in [0.3, 0.4) is 0 Å². The van der Waals surface area contributed by atoms with Crippen LogP contribution >= 0.6 is 11.6 Å². The van der Waals surface area contributed by atoms with Gasteiger partial charge in [0.05, 0.1) is 18.4 Å². The summed E-state index contributed by atoms with van der Waals surface area (Å²) >= 11 is 5.47. The number of ether oxygens (including phenoxy) is 1. The van der Waals surface area contributed by atoms with Crippen molar-refractivity contribution in [2.24, 2.45) is 0 Å². The van der Waals surface area contributed by atoms with Gasteiger partial charge in [0.1, 0.15) is 5.75 Å². The Labute approximate surface area is 98.6 Å². The van der Waals surface area contributed by atoms with E-state index in [9.17, 15) is 18.0 Å². The van der Waals surface area contributed by atoms with Crippen LogP contribution in [0.4, 0.5) is 13.2 Å². The van der Waals surface area contributed by atoms with Gasteiger partial charge >= 0.3 is 6.36 Å². The summed E-state index contributed by atoms with van der Waals surface area (Å²) in [6, 6.07) is 2.31. The number of aromatic amines is 1. The molecule has 0 aliphatic carbocycles. The third-order valence-electron chi connectivity index (χ3n) is 1.81. The molecule has 0 bridgehead atoms. The average Bonchev–Trinajstić information content (AvgIpc) is 2.19. The molecule has 0 spiro atoms. The van der Waals surface area contributed by atoms with Crippen LogP contribution < -0.4 is 10.3 Å². The fourth-order valence-corrected chi connectivity index (χ4v) is 1.45. The van der Waals surface area contributed by atoms with Crippen LogP contribution in [0.25, 0.3) is 0 Å². The highest BCUT2D eigenvalue weighted by atomic mass is 35.5. The first-order valence-corrected chi connectivity index (χ1v) is 4.84. The van der Waals surface area contributed by atoms with E-state index in [2.05, 4.69) is 9.72 Å². The van der Waals surface area contributed by atoms with E-state index in [-0.39, 0.29) is 23.6 Å². The molecule has 1 aromatic rings. The summed E-state index contributed by atoms with van der Waals surface area (Å²) in [6.07, 6.45) is -5.27.